The Kier molecular flexibility index (Phi) is 5.89. The Morgan fingerprint density at radius 1 is 0.906 bits per heavy atom. The molecule has 3 aromatic rings. The van der Waals surface area contributed by atoms with E-state index in [4.69, 9.17) is 9.47 Å². The summed E-state index contributed by atoms with van der Waals surface area (Å²) >= 11 is 0. The summed E-state index contributed by atoms with van der Waals surface area (Å²) in [5.41, 5.74) is 3.16. The minimum atomic E-state index is -0.468. The molecule has 9 nitrogen and oxygen atoms in total. The van der Waals surface area contributed by atoms with Gasteiger partial charge >= 0.3 is 5.69 Å². The van der Waals surface area contributed by atoms with Crippen LogP contribution in [0.15, 0.2) is 68.3 Å². The second kappa shape index (κ2) is 8.93. The van der Waals surface area contributed by atoms with Crippen LogP contribution in [-0.4, -0.2) is 46.3 Å². The fraction of sp³-hybridized carbons (Fsp3) is 0.217. The van der Waals surface area contributed by atoms with Crippen LogP contribution in [0.4, 0.5) is 5.82 Å². The van der Waals surface area contributed by atoms with Crippen LogP contribution in [-0.2, 0) is 19.9 Å². The van der Waals surface area contributed by atoms with Crippen molar-refractivity contribution in [1.29, 1.82) is 0 Å². The Balaban J connectivity index is 1.66. The highest BCUT2D eigenvalue weighted by Crippen LogP contribution is 2.23. The van der Waals surface area contributed by atoms with Crippen LogP contribution in [0.5, 0.6) is 17.4 Å². The lowest BCUT2D eigenvalue weighted by molar-refractivity contribution is 0.414. The molecular formula is C23H23N5O4. The summed E-state index contributed by atoms with van der Waals surface area (Å²) in [6.07, 6.45) is 1.10. The molecule has 0 fully saturated rings. The van der Waals surface area contributed by atoms with E-state index in [1.807, 2.05) is 48.5 Å². The predicted octanol–water partition coefficient (Wildman–Crippen LogP) is 2.80. The molecule has 2 heterocycles. The average molecular weight is 433 g/mol. The van der Waals surface area contributed by atoms with Gasteiger partial charge in [-0.2, -0.15) is 4.99 Å². The molecule has 0 saturated heterocycles. The van der Waals surface area contributed by atoms with Gasteiger partial charge in [0.25, 0.3) is 5.96 Å². The molecule has 0 spiro atoms. The quantitative estimate of drug-likeness (QED) is 0.596. The van der Waals surface area contributed by atoms with Gasteiger partial charge in [-0.3, -0.25) is 9.55 Å². The molecule has 1 aliphatic heterocycles. The molecule has 2 N–H and O–H groups in total. The van der Waals surface area contributed by atoms with Crippen molar-refractivity contribution in [3.8, 4) is 17.4 Å². The van der Waals surface area contributed by atoms with Gasteiger partial charge < -0.3 is 14.6 Å². The number of hydrogen-bond acceptors (Lipinski definition) is 5. The molecule has 0 amide bonds. The first-order valence-electron chi connectivity index (χ1n) is 9.95. The van der Waals surface area contributed by atoms with Gasteiger partial charge in [0.15, 0.2) is 5.82 Å². The molecule has 32 heavy (non-hydrogen) atoms. The van der Waals surface area contributed by atoms with Crippen molar-refractivity contribution in [2.75, 3.05) is 14.2 Å². The largest absolute Gasteiger partial charge is 0.497 e. The van der Waals surface area contributed by atoms with Crippen LogP contribution >= 0.6 is 0 Å². The van der Waals surface area contributed by atoms with Crippen molar-refractivity contribution in [3.05, 3.63) is 70.1 Å². The van der Waals surface area contributed by atoms with E-state index in [-0.39, 0.29) is 17.7 Å². The molecule has 164 valence electrons. The number of hydrogen-bond donors (Lipinski definition) is 2. The molecule has 1 aliphatic rings. The number of imidazole rings is 1. The fourth-order valence-electron chi connectivity index (χ4n) is 3.28. The first-order valence-corrected chi connectivity index (χ1v) is 9.95. The highest BCUT2D eigenvalue weighted by atomic mass is 16.5. The third-order valence-corrected chi connectivity index (χ3v) is 5.14. The third-order valence-electron chi connectivity index (χ3n) is 5.14. The smallest absolute Gasteiger partial charge is 0.329 e. The van der Waals surface area contributed by atoms with Gasteiger partial charge in [0, 0.05) is 19.9 Å². The molecule has 0 radical (unpaired) electrons. The lowest BCUT2D eigenvalue weighted by Crippen LogP contribution is -2.16. The van der Waals surface area contributed by atoms with Gasteiger partial charge in [0.2, 0.25) is 5.88 Å². The van der Waals surface area contributed by atoms with E-state index in [0.717, 1.165) is 38.6 Å². The lowest BCUT2D eigenvalue weighted by Gasteiger charge is -2.07. The van der Waals surface area contributed by atoms with E-state index >= 15 is 0 Å². The van der Waals surface area contributed by atoms with Gasteiger partial charge in [0.05, 0.1) is 25.6 Å². The first kappa shape index (κ1) is 21.1. The maximum absolute atomic E-state index is 11.7. The summed E-state index contributed by atoms with van der Waals surface area (Å²) in [5, 5.41) is 10.1. The van der Waals surface area contributed by atoms with Gasteiger partial charge in [0.1, 0.15) is 11.5 Å². The van der Waals surface area contributed by atoms with Gasteiger partial charge in [-0.1, -0.05) is 24.3 Å². The molecule has 0 saturated carbocycles. The number of methoxy groups -OCH3 is 2. The number of benzene rings is 2. The van der Waals surface area contributed by atoms with Crippen molar-refractivity contribution in [1.82, 2.24) is 9.55 Å². The second-order valence-corrected chi connectivity index (χ2v) is 7.24. The number of aromatic hydroxyl groups is 1. The van der Waals surface area contributed by atoms with Crippen LogP contribution in [0.3, 0.4) is 0 Å². The Labute approximate surface area is 184 Å². The first-order chi connectivity index (χ1) is 15.5. The summed E-state index contributed by atoms with van der Waals surface area (Å²) in [6.45, 7) is 0. The number of H-pyrrole nitrogens is 1. The lowest BCUT2D eigenvalue weighted by atomic mass is 10.00. The summed E-state index contributed by atoms with van der Waals surface area (Å²) in [4.78, 5) is 27.6. The summed E-state index contributed by atoms with van der Waals surface area (Å²) in [5.74, 6) is 1.48. The van der Waals surface area contributed by atoms with Crippen molar-refractivity contribution in [2.24, 2.45) is 22.0 Å². The number of ether oxygens (including phenoxy) is 2. The van der Waals surface area contributed by atoms with Crippen LogP contribution in [0.25, 0.3) is 0 Å². The predicted molar refractivity (Wildman–Crippen MR) is 123 cm³/mol. The Bertz CT molecular complexity index is 1200. The second-order valence-electron chi connectivity index (χ2n) is 7.24. The molecule has 4 rings (SSSR count). The van der Waals surface area contributed by atoms with E-state index in [1.165, 1.54) is 7.05 Å². The number of aromatic amines is 1. The fourth-order valence-corrected chi connectivity index (χ4v) is 3.28. The molecule has 1 aromatic heterocycles. The zero-order valence-corrected chi connectivity index (χ0v) is 18.0. The van der Waals surface area contributed by atoms with E-state index in [1.54, 1.807) is 14.2 Å². The molecule has 9 heteroatoms. The Morgan fingerprint density at radius 3 is 1.75 bits per heavy atom. The van der Waals surface area contributed by atoms with Crippen LogP contribution in [0.2, 0.25) is 0 Å². The van der Waals surface area contributed by atoms with E-state index in [0.29, 0.717) is 12.8 Å². The zero-order valence-electron chi connectivity index (χ0n) is 18.0. The van der Waals surface area contributed by atoms with Crippen molar-refractivity contribution in [2.45, 2.75) is 12.8 Å². The van der Waals surface area contributed by atoms with Crippen LogP contribution in [0, 0.1) is 0 Å². The molecule has 0 atom stereocenters. The van der Waals surface area contributed by atoms with Crippen molar-refractivity contribution >= 4 is 23.2 Å². The summed E-state index contributed by atoms with van der Waals surface area (Å²) in [6, 6.07) is 15.5. The minimum absolute atomic E-state index is 0.0227. The molecule has 0 bridgehead atoms. The number of nitrogens with one attached hydrogen (secondary N) is 1. The van der Waals surface area contributed by atoms with E-state index in [9.17, 15) is 9.90 Å². The SMILES string of the molecule is COc1ccc(CC2=NC(=Nc3[nH]c(=O)n(C)c3O)N=C2Cc2ccc(OC)cc2)cc1. The van der Waals surface area contributed by atoms with Gasteiger partial charge in [-0.25, -0.2) is 14.8 Å². The number of guanidine groups is 1. The zero-order chi connectivity index (χ0) is 22.7. The van der Waals surface area contributed by atoms with Gasteiger partial charge in [-0.15, -0.1) is 0 Å². The van der Waals surface area contributed by atoms with E-state index in [2.05, 4.69) is 20.0 Å². The number of nitrogens with zero attached hydrogens (tertiary/aromatic N) is 4. The normalized spacial score (nSPS) is 13.0. The van der Waals surface area contributed by atoms with Gasteiger partial charge in [-0.05, 0) is 35.4 Å². The topological polar surface area (TPSA) is 114 Å². The highest BCUT2D eigenvalue weighted by Gasteiger charge is 2.20. The maximum atomic E-state index is 11.7. The monoisotopic (exact) mass is 433 g/mol. The minimum Gasteiger partial charge on any atom is -0.497 e. The van der Waals surface area contributed by atoms with Crippen molar-refractivity contribution < 1.29 is 14.6 Å². The maximum Gasteiger partial charge on any atom is 0.329 e. The third kappa shape index (κ3) is 4.46. The van der Waals surface area contributed by atoms with Crippen LogP contribution < -0.4 is 15.2 Å². The highest BCUT2D eigenvalue weighted by molar-refractivity contribution is 6.48. The van der Waals surface area contributed by atoms with Crippen molar-refractivity contribution in [3.63, 3.8) is 0 Å². The van der Waals surface area contributed by atoms with E-state index < -0.39 is 5.69 Å². The Morgan fingerprint density at radius 2 is 1.38 bits per heavy atom. The molecular weight excluding hydrogens is 410 g/mol. The standard InChI is InChI=1S/C23H23N5O4/c1-28-21(29)20(27-23(28)30)26-22-24-18(12-14-4-8-16(31-2)9-5-14)19(25-22)13-15-6-10-17(32-3)11-7-15/h4-11,29H,12-13H2,1-3H3,(H,27,30). The summed E-state index contributed by atoms with van der Waals surface area (Å²) < 4.78 is 11.5. The van der Waals surface area contributed by atoms with Crippen LogP contribution in [0.1, 0.15) is 11.1 Å². The Hall–Kier alpha value is -4.14. The molecule has 0 unspecified atom stereocenters. The number of aliphatic imine (C=N–C) groups is 3. The molecule has 2 aromatic carbocycles. The molecule has 0 aliphatic carbocycles. The number of aromatic nitrogens is 2. The summed E-state index contributed by atoms with van der Waals surface area (Å²) in [7, 11) is 4.70. The average Bonchev–Trinajstić information content (AvgIpc) is 3.29. The number of rotatable bonds is 7.